The molecule has 164 valence electrons. The summed E-state index contributed by atoms with van der Waals surface area (Å²) in [5.74, 6) is 0.179. The van der Waals surface area contributed by atoms with Crippen LogP contribution in [0.5, 0.6) is 5.75 Å². The first kappa shape index (κ1) is 21.5. The van der Waals surface area contributed by atoms with Gasteiger partial charge < -0.3 is 10.2 Å². The lowest BCUT2D eigenvalue weighted by Gasteiger charge is -2.14. The molecule has 0 aliphatic carbocycles. The average Bonchev–Trinajstić information content (AvgIpc) is 3.14. The van der Waals surface area contributed by atoms with Crippen molar-refractivity contribution in [1.29, 1.82) is 0 Å². The molecule has 2 heterocycles. The van der Waals surface area contributed by atoms with Crippen molar-refractivity contribution in [3.05, 3.63) is 85.0 Å². The predicted molar refractivity (Wildman–Crippen MR) is 124 cm³/mol. The van der Waals surface area contributed by atoms with E-state index >= 15 is 0 Å². The largest absolute Gasteiger partial charge is 0.507 e. The van der Waals surface area contributed by atoms with Crippen molar-refractivity contribution in [2.45, 2.75) is 12.6 Å². The lowest BCUT2D eigenvalue weighted by molar-refractivity contribution is 0.158. The molecular formula is C21H19BrN6O4. The highest BCUT2D eigenvalue weighted by atomic mass is 79.9. The Kier molecular flexibility index (Phi) is 5.93. The summed E-state index contributed by atoms with van der Waals surface area (Å²) in [7, 11) is 1.48. The number of aliphatic hydroxyl groups is 1. The zero-order valence-electron chi connectivity index (χ0n) is 16.9. The lowest BCUT2D eigenvalue weighted by Crippen LogP contribution is -2.29. The summed E-state index contributed by atoms with van der Waals surface area (Å²) < 4.78 is 3.43. The zero-order valence-corrected chi connectivity index (χ0v) is 18.4. The van der Waals surface area contributed by atoms with Crippen LogP contribution in [0.2, 0.25) is 0 Å². The molecule has 1 unspecified atom stereocenters. The van der Waals surface area contributed by atoms with Crippen molar-refractivity contribution < 1.29 is 10.2 Å². The summed E-state index contributed by atoms with van der Waals surface area (Å²) in [6.45, 7) is -0.0121. The first-order valence-electron chi connectivity index (χ1n) is 9.55. The molecule has 32 heavy (non-hydrogen) atoms. The summed E-state index contributed by atoms with van der Waals surface area (Å²) in [4.78, 5) is 31.2. The number of benzene rings is 2. The van der Waals surface area contributed by atoms with E-state index < -0.39 is 17.4 Å². The Bertz CT molecular complexity index is 1420. The number of aliphatic hydroxyl groups excluding tert-OH is 1. The van der Waals surface area contributed by atoms with Crippen molar-refractivity contribution in [1.82, 2.24) is 19.1 Å². The number of aryl methyl sites for hydroxylation is 1. The summed E-state index contributed by atoms with van der Waals surface area (Å²) in [5.41, 5.74) is 2.87. The second kappa shape index (κ2) is 8.81. The van der Waals surface area contributed by atoms with Crippen molar-refractivity contribution in [2.75, 3.05) is 5.43 Å². The van der Waals surface area contributed by atoms with E-state index in [1.165, 1.54) is 28.5 Å². The molecule has 0 fully saturated rings. The van der Waals surface area contributed by atoms with Crippen LogP contribution in [0.4, 0.5) is 5.95 Å². The molecule has 2 aromatic carbocycles. The minimum Gasteiger partial charge on any atom is -0.507 e. The molecular weight excluding hydrogens is 480 g/mol. The van der Waals surface area contributed by atoms with Gasteiger partial charge in [-0.05, 0) is 23.8 Å². The molecule has 0 amide bonds. The summed E-state index contributed by atoms with van der Waals surface area (Å²) >= 11 is 3.33. The first-order chi connectivity index (χ1) is 15.3. The number of fused-ring (bicyclic) bond motifs is 1. The number of aromatic nitrogens is 4. The van der Waals surface area contributed by atoms with Crippen LogP contribution in [0.15, 0.2) is 67.7 Å². The Balaban J connectivity index is 1.76. The molecule has 11 heteroatoms. The first-order valence-corrected chi connectivity index (χ1v) is 10.3. The molecule has 0 aliphatic rings. The number of halogens is 1. The van der Waals surface area contributed by atoms with Crippen LogP contribution >= 0.6 is 15.9 Å². The van der Waals surface area contributed by atoms with E-state index in [1.54, 1.807) is 36.4 Å². The quantitative estimate of drug-likeness (QED) is 0.237. The third-order valence-corrected chi connectivity index (χ3v) is 5.40. The van der Waals surface area contributed by atoms with Gasteiger partial charge in [-0.2, -0.15) is 10.1 Å². The summed E-state index contributed by atoms with van der Waals surface area (Å²) in [6, 6.07) is 13.9. The molecule has 1 atom stereocenters. The van der Waals surface area contributed by atoms with Crippen LogP contribution in [0.3, 0.4) is 0 Å². The van der Waals surface area contributed by atoms with Crippen LogP contribution in [0.25, 0.3) is 11.2 Å². The molecule has 0 saturated heterocycles. The van der Waals surface area contributed by atoms with Gasteiger partial charge in [0.15, 0.2) is 11.2 Å². The standard InChI is InChI=1S/C21H19BrN6O4/c1-27-18-17(19(31)25-21(27)32)28(11-16(30)12-5-3-2-4-6-12)20(24-18)26-23-10-13-9-14(22)7-8-15(13)29/h2-10,16,29-30H,11H2,1H3,(H,24,26)(H,25,31,32). The van der Waals surface area contributed by atoms with Crippen LogP contribution in [0, 0.1) is 0 Å². The number of nitrogens with one attached hydrogen (secondary N) is 2. The van der Waals surface area contributed by atoms with Gasteiger partial charge >= 0.3 is 5.69 Å². The Morgan fingerprint density at radius 2 is 2.00 bits per heavy atom. The highest BCUT2D eigenvalue weighted by Crippen LogP contribution is 2.22. The molecule has 2 aromatic heterocycles. The number of rotatable bonds is 6. The topological polar surface area (TPSA) is 138 Å². The molecule has 0 saturated carbocycles. The number of hydrazone groups is 1. The molecule has 0 aliphatic heterocycles. The third-order valence-electron chi connectivity index (χ3n) is 4.90. The third kappa shape index (κ3) is 4.20. The molecule has 10 nitrogen and oxygen atoms in total. The Morgan fingerprint density at radius 3 is 2.75 bits per heavy atom. The van der Waals surface area contributed by atoms with Crippen LogP contribution in [0.1, 0.15) is 17.2 Å². The number of nitrogens with zero attached hydrogens (tertiary/aromatic N) is 4. The monoisotopic (exact) mass is 498 g/mol. The second-order valence-corrected chi connectivity index (χ2v) is 7.95. The SMILES string of the molecule is Cn1c(=O)[nH]c(=O)c2c1nc(NN=Cc1cc(Br)ccc1O)n2CC(O)c1ccccc1. The van der Waals surface area contributed by atoms with E-state index in [0.717, 1.165) is 4.47 Å². The number of H-pyrrole nitrogens is 1. The number of aromatic amines is 1. The van der Waals surface area contributed by atoms with E-state index in [0.29, 0.717) is 11.1 Å². The molecule has 4 rings (SSSR count). The van der Waals surface area contributed by atoms with Gasteiger partial charge in [0.05, 0.1) is 18.9 Å². The van der Waals surface area contributed by atoms with E-state index in [2.05, 4.69) is 36.4 Å². The molecule has 0 radical (unpaired) electrons. The fourth-order valence-corrected chi connectivity index (χ4v) is 3.62. The van der Waals surface area contributed by atoms with E-state index in [9.17, 15) is 19.8 Å². The Morgan fingerprint density at radius 1 is 1.25 bits per heavy atom. The van der Waals surface area contributed by atoms with E-state index in [-0.39, 0.29) is 29.4 Å². The summed E-state index contributed by atoms with van der Waals surface area (Å²) in [5, 5.41) is 24.8. The molecule has 4 aromatic rings. The van der Waals surface area contributed by atoms with Crippen LogP contribution in [-0.2, 0) is 13.6 Å². The van der Waals surface area contributed by atoms with Gasteiger partial charge in [-0.25, -0.2) is 10.2 Å². The Labute approximate surface area is 189 Å². The second-order valence-electron chi connectivity index (χ2n) is 7.04. The minimum absolute atomic E-state index is 0.0121. The van der Waals surface area contributed by atoms with Gasteiger partial charge in [0, 0.05) is 17.1 Å². The van der Waals surface area contributed by atoms with E-state index in [4.69, 9.17) is 0 Å². The maximum Gasteiger partial charge on any atom is 0.329 e. The van der Waals surface area contributed by atoms with Crippen molar-refractivity contribution >= 4 is 39.3 Å². The minimum atomic E-state index is -0.941. The Hall–Kier alpha value is -3.70. The number of phenols is 1. The lowest BCUT2D eigenvalue weighted by atomic mass is 10.1. The van der Waals surface area contributed by atoms with Crippen molar-refractivity contribution in [3.8, 4) is 5.75 Å². The van der Waals surface area contributed by atoms with Gasteiger partial charge in [-0.15, -0.1) is 0 Å². The molecule has 0 spiro atoms. The number of hydrogen-bond donors (Lipinski definition) is 4. The number of imidazole rings is 1. The average molecular weight is 499 g/mol. The van der Waals surface area contributed by atoms with Gasteiger partial charge in [0.25, 0.3) is 5.56 Å². The van der Waals surface area contributed by atoms with E-state index in [1.807, 2.05) is 6.07 Å². The van der Waals surface area contributed by atoms with Crippen LogP contribution in [-0.4, -0.2) is 35.5 Å². The van der Waals surface area contributed by atoms with Crippen molar-refractivity contribution in [3.63, 3.8) is 0 Å². The molecule has 4 N–H and O–H groups in total. The zero-order chi connectivity index (χ0) is 22.8. The highest BCUT2D eigenvalue weighted by molar-refractivity contribution is 9.10. The normalized spacial score (nSPS) is 12.5. The van der Waals surface area contributed by atoms with Gasteiger partial charge in [0.1, 0.15) is 5.75 Å². The maximum absolute atomic E-state index is 12.6. The number of anilines is 1. The number of hydrogen-bond acceptors (Lipinski definition) is 7. The number of phenolic OH excluding ortho intramolecular Hbond substituents is 1. The smallest absolute Gasteiger partial charge is 0.329 e. The predicted octanol–water partition coefficient (Wildman–Crippen LogP) is 2.07. The highest BCUT2D eigenvalue weighted by Gasteiger charge is 2.20. The van der Waals surface area contributed by atoms with Gasteiger partial charge in [-0.3, -0.25) is 18.9 Å². The molecule has 0 bridgehead atoms. The fourth-order valence-electron chi connectivity index (χ4n) is 3.24. The summed E-state index contributed by atoms with van der Waals surface area (Å²) in [6.07, 6.45) is 0.449. The fraction of sp³-hybridized carbons (Fsp3) is 0.143. The van der Waals surface area contributed by atoms with Gasteiger partial charge in [-0.1, -0.05) is 46.3 Å². The number of aromatic hydroxyl groups is 1. The van der Waals surface area contributed by atoms with Crippen LogP contribution < -0.4 is 16.7 Å². The maximum atomic E-state index is 12.6. The van der Waals surface area contributed by atoms with Crippen molar-refractivity contribution in [2.24, 2.45) is 12.1 Å². The van der Waals surface area contributed by atoms with Gasteiger partial charge in [0.2, 0.25) is 5.95 Å².